The second-order valence-corrected chi connectivity index (χ2v) is 17.5. The molecule has 1 aliphatic heterocycles. The summed E-state index contributed by atoms with van der Waals surface area (Å²) in [5.74, 6) is -0.894. The van der Waals surface area contributed by atoms with Gasteiger partial charge < -0.3 is 30.9 Å². The molecule has 0 radical (unpaired) electrons. The number of likely N-dealkylation sites (N-methyl/N-ethyl adjacent to an activating group) is 2. The molecule has 0 aliphatic carbocycles. The summed E-state index contributed by atoms with van der Waals surface area (Å²) in [6.45, 7) is 16.8. The molecule has 57 heavy (non-hydrogen) atoms. The summed E-state index contributed by atoms with van der Waals surface area (Å²) in [6, 6.07) is 17.0. The van der Waals surface area contributed by atoms with Crippen molar-refractivity contribution in [1.82, 2.24) is 25.3 Å². The maximum atomic E-state index is 14.3. The van der Waals surface area contributed by atoms with Crippen molar-refractivity contribution in [2.75, 3.05) is 34.8 Å². The number of nitrogens with zero attached hydrogens (tertiary/aromatic N) is 3. The van der Waals surface area contributed by atoms with Crippen LogP contribution in [0.2, 0.25) is 0 Å². The van der Waals surface area contributed by atoms with Gasteiger partial charge in [-0.05, 0) is 68.2 Å². The molecule has 4 amide bonds. The van der Waals surface area contributed by atoms with Crippen LogP contribution in [-0.2, 0) is 23.9 Å². The fraction of sp³-hybridized carbons (Fsp3) is 0.652. The Morgan fingerprint density at radius 3 is 1.93 bits per heavy atom. The molecule has 1 aliphatic rings. The van der Waals surface area contributed by atoms with Gasteiger partial charge in [0.2, 0.25) is 23.6 Å². The number of likely N-dealkylation sites (tertiary alicyclic amines) is 1. The molecular formula is C46H74N6O5. The number of carbonyl (C=O) groups is 4. The summed E-state index contributed by atoms with van der Waals surface area (Å²) in [7, 11) is 7.19. The Labute approximate surface area is 343 Å². The van der Waals surface area contributed by atoms with Gasteiger partial charge in [0.25, 0.3) is 0 Å². The Bertz CT molecular complexity index is 1550. The molecular weight excluding hydrogens is 717 g/mol. The zero-order chi connectivity index (χ0) is 42.6. The highest BCUT2D eigenvalue weighted by molar-refractivity contribution is 5.90. The number of nitrogens with one attached hydrogen (secondary N) is 2. The Morgan fingerprint density at radius 2 is 1.42 bits per heavy atom. The lowest BCUT2D eigenvalue weighted by molar-refractivity contribution is -0.144. The molecule has 3 rings (SSSR count). The zero-order valence-corrected chi connectivity index (χ0v) is 36.9. The molecule has 11 heteroatoms. The van der Waals surface area contributed by atoms with Gasteiger partial charge in [-0.25, -0.2) is 0 Å². The van der Waals surface area contributed by atoms with Gasteiger partial charge in [0.05, 0.1) is 36.2 Å². The SMILES string of the molecule is CCC(C)C(C(C)CC(=O)N1CCC[C@H]1[C@H](OC)C(C)C(=O)N[C@@H](c1ccccc1)C(N)c1ccccc1)N(C)C(=O)[C@H](CC(C)C)NC(=O)C(C(C)C)N(C)C. The summed E-state index contributed by atoms with van der Waals surface area (Å²) < 4.78 is 6.07. The van der Waals surface area contributed by atoms with Crippen LogP contribution >= 0.6 is 0 Å². The predicted molar refractivity (Wildman–Crippen MR) is 229 cm³/mol. The van der Waals surface area contributed by atoms with E-state index in [0.717, 1.165) is 30.4 Å². The lowest BCUT2D eigenvalue weighted by Gasteiger charge is -2.40. The van der Waals surface area contributed by atoms with E-state index in [1.54, 1.807) is 12.0 Å². The quantitative estimate of drug-likeness (QED) is 0.137. The molecule has 1 fully saturated rings. The summed E-state index contributed by atoms with van der Waals surface area (Å²) in [5.41, 5.74) is 8.62. The number of rotatable bonds is 21. The van der Waals surface area contributed by atoms with Crippen LogP contribution in [0, 0.1) is 29.6 Å². The number of hydrogen-bond donors (Lipinski definition) is 3. The standard InChI is InChI=1S/C46H74N6O5/c1-13-31(6)42(51(11)46(56)36(27-29(2)3)48-45(55)41(30(4)5)50(9)10)32(7)28-38(53)52-26-20-25-37(52)43(57-12)33(8)44(54)49-40(35-23-18-15-19-24-35)39(47)34-21-16-14-17-22-34/h14-19,21-24,29-33,36-37,39-43H,13,20,25-28,47H2,1-12H3,(H,48,55)(H,49,54)/t31?,32?,33?,36-,37-,39?,40-,41?,42?,43+/m0/s1. The molecule has 318 valence electrons. The number of hydrogen-bond acceptors (Lipinski definition) is 7. The minimum atomic E-state index is -0.681. The van der Waals surface area contributed by atoms with Crippen molar-refractivity contribution in [1.29, 1.82) is 0 Å². The smallest absolute Gasteiger partial charge is 0.245 e. The first kappa shape index (κ1) is 47.6. The van der Waals surface area contributed by atoms with Gasteiger partial charge in [-0.1, -0.05) is 122 Å². The minimum Gasteiger partial charge on any atom is -0.378 e. The number of methoxy groups -OCH3 is 1. The normalized spacial score (nSPS) is 19.3. The highest BCUT2D eigenvalue weighted by Crippen LogP contribution is 2.32. The second kappa shape index (κ2) is 22.4. The van der Waals surface area contributed by atoms with Crippen LogP contribution in [0.3, 0.4) is 0 Å². The van der Waals surface area contributed by atoms with Crippen LogP contribution in [0.1, 0.15) is 111 Å². The van der Waals surface area contributed by atoms with E-state index >= 15 is 0 Å². The monoisotopic (exact) mass is 791 g/mol. The molecule has 0 bridgehead atoms. The van der Waals surface area contributed by atoms with Gasteiger partial charge >= 0.3 is 0 Å². The van der Waals surface area contributed by atoms with Crippen molar-refractivity contribution < 1.29 is 23.9 Å². The second-order valence-electron chi connectivity index (χ2n) is 17.5. The first-order valence-electron chi connectivity index (χ1n) is 21.2. The van der Waals surface area contributed by atoms with E-state index in [-0.39, 0.29) is 71.8 Å². The van der Waals surface area contributed by atoms with Crippen molar-refractivity contribution in [3.05, 3.63) is 71.8 Å². The maximum Gasteiger partial charge on any atom is 0.245 e. The van der Waals surface area contributed by atoms with E-state index in [4.69, 9.17) is 10.5 Å². The van der Waals surface area contributed by atoms with Gasteiger partial charge in [-0.3, -0.25) is 24.1 Å². The number of amides is 4. The Balaban J connectivity index is 1.80. The molecule has 10 atom stereocenters. The zero-order valence-electron chi connectivity index (χ0n) is 36.9. The average molecular weight is 791 g/mol. The Kier molecular flexibility index (Phi) is 18.7. The van der Waals surface area contributed by atoms with E-state index in [0.29, 0.717) is 13.0 Å². The van der Waals surface area contributed by atoms with Gasteiger partial charge in [0.15, 0.2) is 0 Å². The van der Waals surface area contributed by atoms with E-state index in [1.807, 2.05) is 119 Å². The van der Waals surface area contributed by atoms with Crippen LogP contribution in [0.15, 0.2) is 60.7 Å². The molecule has 0 saturated carbocycles. The topological polar surface area (TPSA) is 137 Å². The van der Waals surface area contributed by atoms with E-state index in [1.165, 1.54) is 0 Å². The lowest BCUT2D eigenvalue weighted by atomic mass is 9.84. The predicted octanol–water partition coefficient (Wildman–Crippen LogP) is 6.20. The molecule has 2 aromatic carbocycles. The fourth-order valence-corrected chi connectivity index (χ4v) is 9.04. The summed E-state index contributed by atoms with van der Waals surface area (Å²) in [5, 5.41) is 6.35. The van der Waals surface area contributed by atoms with Crippen LogP contribution < -0.4 is 16.4 Å². The lowest BCUT2D eigenvalue weighted by Crippen LogP contribution is -2.57. The molecule has 1 saturated heterocycles. The molecule has 0 spiro atoms. The van der Waals surface area contributed by atoms with E-state index in [9.17, 15) is 19.2 Å². The number of carbonyl (C=O) groups excluding carboxylic acids is 4. The molecule has 2 aromatic rings. The summed E-state index contributed by atoms with van der Waals surface area (Å²) in [4.78, 5) is 61.8. The molecule has 1 heterocycles. The summed E-state index contributed by atoms with van der Waals surface area (Å²) in [6.07, 6.45) is 2.55. The average Bonchev–Trinajstić information content (AvgIpc) is 3.66. The Hall–Kier alpha value is -3.80. The number of benzene rings is 2. The third-order valence-corrected chi connectivity index (χ3v) is 12.1. The summed E-state index contributed by atoms with van der Waals surface area (Å²) >= 11 is 0. The third-order valence-electron chi connectivity index (χ3n) is 12.1. The highest BCUT2D eigenvalue weighted by atomic mass is 16.5. The van der Waals surface area contributed by atoms with Crippen LogP contribution in [0.4, 0.5) is 0 Å². The molecule has 6 unspecified atom stereocenters. The van der Waals surface area contributed by atoms with Crippen LogP contribution in [0.25, 0.3) is 0 Å². The molecule has 0 aromatic heterocycles. The number of ether oxygens (including phenoxy) is 1. The van der Waals surface area contributed by atoms with Crippen molar-refractivity contribution in [3.63, 3.8) is 0 Å². The first-order chi connectivity index (χ1) is 26.9. The Morgan fingerprint density at radius 1 is 0.842 bits per heavy atom. The fourth-order valence-electron chi connectivity index (χ4n) is 9.04. The van der Waals surface area contributed by atoms with E-state index < -0.39 is 30.1 Å². The molecule has 11 nitrogen and oxygen atoms in total. The van der Waals surface area contributed by atoms with Crippen molar-refractivity contribution >= 4 is 23.6 Å². The number of nitrogens with two attached hydrogens (primary N) is 1. The highest BCUT2D eigenvalue weighted by Gasteiger charge is 2.42. The van der Waals surface area contributed by atoms with Gasteiger partial charge in [-0.2, -0.15) is 0 Å². The maximum absolute atomic E-state index is 14.3. The first-order valence-corrected chi connectivity index (χ1v) is 21.2. The van der Waals surface area contributed by atoms with Crippen LogP contribution in [0.5, 0.6) is 0 Å². The van der Waals surface area contributed by atoms with Crippen molar-refractivity contribution in [2.45, 2.75) is 130 Å². The minimum absolute atomic E-state index is 0.0140. The third kappa shape index (κ3) is 12.6. The van der Waals surface area contributed by atoms with Gasteiger partial charge in [-0.15, -0.1) is 0 Å². The van der Waals surface area contributed by atoms with Crippen molar-refractivity contribution in [2.24, 2.45) is 35.3 Å². The van der Waals surface area contributed by atoms with Gasteiger partial charge in [0, 0.05) is 33.2 Å². The van der Waals surface area contributed by atoms with Crippen molar-refractivity contribution in [3.8, 4) is 0 Å². The van der Waals surface area contributed by atoms with Crippen LogP contribution in [-0.4, -0.2) is 103 Å². The van der Waals surface area contributed by atoms with E-state index in [2.05, 4.69) is 38.3 Å². The largest absolute Gasteiger partial charge is 0.378 e. The molecule has 4 N–H and O–H groups in total. The van der Waals surface area contributed by atoms with Gasteiger partial charge in [0.1, 0.15) is 6.04 Å².